The van der Waals surface area contributed by atoms with Crippen molar-refractivity contribution in [1.29, 1.82) is 0 Å². The quantitative estimate of drug-likeness (QED) is 0.843. The number of nitrogens with two attached hydrogens (primary N) is 2. The van der Waals surface area contributed by atoms with E-state index >= 15 is 0 Å². The molecule has 0 saturated carbocycles. The summed E-state index contributed by atoms with van der Waals surface area (Å²) in [5.74, 6) is 0. The lowest BCUT2D eigenvalue weighted by Crippen LogP contribution is -2.18. The number of sulfonamides is 1. The van der Waals surface area contributed by atoms with E-state index < -0.39 is 10.0 Å². The van der Waals surface area contributed by atoms with E-state index in [1.165, 1.54) is 12.1 Å². The van der Waals surface area contributed by atoms with E-state index in [1.54, 1.807) is 18.2 Å². The van der Waals surface area contributed by atoms with E-state index in [-0.39, 0.29) is 4.90 Å². The zero-order valence-electron chi connectivity index (χ0n) is 11.5. The molecule has 0 radical (unpaired) electrons. The van der Waals surface area contributed by atoms with Crippen LogP contribution in [0.4, 0.5) is 11.4 Å². The zero-order chi connectivity index (χ0) is 15.6. The van der Waals surface area contributed by atoms with Crippen molar-refractivity contribution in [2.45, 2.75) is 11.4 Å². The summed E-state index contributed by atoms with van der Waals surface area (Å²) < 4.78 is 22.9. The van der Waals surface area contributed by atoms with E-state index in [0.717, 1.165) is 5.56 Å². The molecule has 0 saturated heterocycles. The van der Waals surface area contributed by atoms with Crippen molar-refractivity contribution < 1.29 is 8.42 Å². The summed E-state index contributed by atoms with van der Waals surface area (Å²) in [6, 6.07) is 12.0. The first-order valence-corrected chi connectivity index (χ1v) is 8.07. The lowest BCUT2D eigenvalue weighted by molar-refractivity contribution is 0.598. The van der Waals surface area contributed by atoms with Crippen LogP contribution in [0.15, 0.2) is 47.4 Å². The van der Waals surface area contributed by atoms with Crippen LogP contribution in [0.2, 0.25) is 5.02 Å². The van der Waals surface area contributed by atoms with Gasteiger partial charge >= 0.3 is 0 Å². The number of benzene rings is 2. The number of hydrogen-bond acceptors (Lipinski definition) is 4. The third-order valence-electron chi connectivity index (χ3n) is 3.02. The fourth-order valence-electron chi connectivity index (χ4n) is 1.95. The van der Waals surface area contributed by atoms with Gasteiger partial charge in [-0.2, -0.15) is 0 Å². The molecule has 0 aliphatic carbocycles. The molecule has 0 heterocycles. The van der Waals surface area contributed by atoms with Gasteiger partial charge < -0.3 is 10.6 Å². The molecular weight excluding hydrogens is 310 g/mol. The molecule has 0 aliphatic rings. The maximum atomic E-state index is 11.4. The lowest BCUT2D eigenvalue weighted by Gasteiger charge is -2.20. The maximum absolute atomic E-state index is 11.4. The highest BCUT2D eigenvalue weighted by Gasteiger charge is 2.12. The molecule has 0 atom stereocenters. The summed E-state index contributed by atoms with van der Waals surface area (Å²) in [5, 5.41) is 5.82. The van der Waals surface area contributed by atoms with Crippen molar-refractivity contribution in [3.63, 3.8) is 0 Å². The standard InChI is InChI=1S/C14H16ClN3O2S/c1-18(9-10-2-4-11(15)5-3-10)13-6-12(16)7-14(8-13)21(17,19)20/h2-8H,9,16H2,1H3,(H2,17,19,20). The highest BCUT2D eigenvalue weighted by molar-refractivity contribution is 7.89. The van der Waals surface area contributed by atoms with Crippen molar-refractivity contribution in [3.05, 3.63) is 53.1 Å². The third-order valence-corrected chi connectivity index (χ3v) is 4.16. The molecule has 112 valence electrons. The highest BCUT2D eigenvalue weighted by atomic mass is 35.5. The molecule has 2 aromatic rings. The van der Waals surface area contributed by atoms with Gasteiger partial charge in [0, 0.05) is 30.0 Å². The van der Waals surface area contributed by atoms with Gasteiger partial charge in [-0.25, -0.2) is 13.6 Å². The number of primary sulfonamides is 1. The Bertz CT molecular complexity index is 745. The summed E-state index contributed by atoms with van der Waals surface area (Å²) in [6.07, 6.45) is 0. The van der Waals surface area contributed by atoms with E-state index in [9.17, 15) is 8.42 Å². The first-order valence-electron chi connectivity index (χ1n) is 6.14. The average Bonchev–Trinajstić information content (AvgIpc) is 2.39. The molecule has 0 spiro atoms. The Kier molecular flexibility index (Phi) is 4.41. The minimum atomic E-state index is -3.78. The van der Waals surface area contributed by atoms with Gasteiger partial charge in [-0.1, -0.05) is 23.7 Å². The number of halogens is 1. The number of rotatable bonds is 4. The Hall–Kier alpha value is -1.76. The molecule has 7 heteroatoms. The largest absolute Gasteiger partial charge is 0.399 e. The average molecular weight is 326 g/mol. The number of nitrogens with zero attached hydrogens (tertiary/aromatic N) is 1. The van der Waals surface area contributed by atoms with Crippen LogP contribution >= 0.6 is 11.6 Å². The molecule has 21 heavy (non-hydrogen) atoms. The minimum absolute atomic E-state index is 0.000422. The van der Waals surface area contributed by atoms with Crippen LogP contribution in [-0.2, 0) is 16.6 Å². The minimum Gasteiger partial charge on any atom is -0.399 e. The Morgan fingerprint density at radius 1 is 1.14 bits per heavy atom. The van der Waals surface area contributed by atoms with E-state index in [4.69, 9.17) is 22.5 Å². The Labute approximate surface area is 129 Å². The van der Waals surface area contributed by atoms with Crippen LogP contribution in [-0.4, -0.2) is 15.5 Å². The molecule has 4 N–H and O–H groups in total. The van der Waals surface area contributed by atoms with Crippen LogP contribution < -0.4 is 15.8 Å². The van der Waals surface area contributed by atoms with E-state index in [1.807, 2.05) is 24.1 Å². The number of anilines is 2. The van der Waals surface area contributed by atoms with Gasteiger partial charge in [-0.3, -0.25) is 0 Å². The SMILES string of the molecule is CN(Cc1ccc(Cl)cc1)c1cc(N)cc(S(N)(=O)=O)c1. The second kappa shape index (κ2) is 5.93. The predicted octanol–water partition coefficient (Wildman–Crippen LogP) is 2.21. The fourth-order valence-corrected chi connectivity index (χ4v) is 2.66. The molecule has 0 amide bonds. The maximum Gasteiger partial charge on any atom is 0.238 e. The Balaban J connectivity index is 2.28. The van der Waals surface area contributed by atoms with Crippen LogP contribution in [0.1, 0.15) is 5.56 Å². The molecular formula is C14H16ClN3O2S. The van der Waals surface area contributed by atoms with Crippen molar-refractivity contribution in [2.24, 2.45) is 5.14 Å². The lowest BCUT2D eigenvalue weighted by atomic mass is 10.2. The molecule has 5 nitrogen and oxygen atoms in total. The van der Waals surface area contributed by atoms with Crippen molar-refractivity contribution in [2.75, 3.05) is 17.7 Å². The first-order chi connectivity index (χ1) is 9.75. The highest BCUT2D eigenvalue weighted by Crippen LogP contribution is 2.23. The Morgan fingerprint density at radius 2 is 1.76 bits per heavy atom. The molecule has 2 rings (SSSR count). The number of nitrogen functional groups attached to an aromatic ring is 1. The molecule has 2 aromatic carbocycles. The van der Waals surface area contributed by atoms with Gasteiger partial charge in [-0.05, 0) is 35.9 Å². The fraction of sp³-hybridized carbons (Fsp3) is 0.143. The molecule has 0 aliphatic heterocycles. The molecule has 0 fully saturated rings. The normalized spacial score (nSPS) is 11.4. The van der Waals surface area contributed by atoms with Gasteiger partial charge in [0.15, 0.2) is 0 Å². The summed E-state index contributed by atoms with van der Waals surface area (Å²) in [5.41, 5.74) is 7.81. The van der Waals surface area contributed by atoms with Gasteiger partial charge in [0.2, 0.25) is 10.0 Å². The molecule has 0 aromatic heterocycles. The third kappa shape index (κ3) is 4.10. The topological polar surface area (TPSA) is 89.4 Å². The summed E-state index contributed by atoms with van der Waals surface area (Å²) in [7, 11) is -1.94. The smallest absolute Gasteiger partial charge is 0.238 e. The van der Waals surface area contributed by atoms with Crippen molar-refractivity contribution in [3.8, 4) is 0 Å². The second-order valence-corrected chi connectivity index (χ2v) is 6.79. The monoisotopic (exact) mass is 325 g/mol. The van der Waals surface area contributed by atoms with Gasteiger partial charge in [0.05, 0.1) is 4.90 Å². The van der Waals surface area contributed by atoms with Crippen molar-refractivity contribution in [1.82, 2.24) is 0 Å². The second-order valence-electron chi connectivity index (χ2n) is 4.79. The summed E-state index contributed by atoms with van der Waals surface area (Å²) in [6.45, 7) is 0.588. The summed E-state index contributed by atoms with van der Waals surface area (Å²) >= 11 is 5.85. The van der Waals surface area contributed by atoms with E-state index in [2.05, 4.69) is 0 Å². The number of hydrogen-bond donors (Lipinski definition) is 2. The zero-order valence-corrected chi connectivity index (χ0v) is 13.0. The van der Waals surface area contributed by atoms with Crippen molar-refractivity contribution >= 4 is 33.0 Å². The Morgan fingerprint density at radius 3 is 2.33 bits per heavy atom. The molecule has 0 unspecified atom stereocenters. The predicted molar refractivity (Wildman–Crippen MR) is 85.8 cm³/mol. The summed E-state index contributed by atoms with van der Waals surface area (Å²) in [4.78, 5) is 1.88. The van der Waals surface area contributed by atoms with Crippen LogP contribution in [0, 0.1) is 0 Å². The van der Waals surface area contributed by atoms with E-state index in [0.29, 0.717) is 22.9 Å². The first kappa shape index (κ1) is 15.6. The van der Waals surface area contributed by atoms with Gasteiger partial charge in [0.25, 0.3) is 0 Å². The van der Waals surface area contributed by atoms with Gasteiger partial charge in [0.1, 0.15) is 0 Å². The van der Waals surface area contributed by atoms with Gasteiger partial charge in [-0.15, -0.1) is 0 Å². The van der Waals surface area contributed by atoms with Crippen LogP contribution in [0.3, 0.4) is 0 Å². The molecule has 0 bridgehead atoms. The van der Waals surface area contributed by atoms with Crippen LogP contribution in [0.5, 0.6) is 0 Å². The van der Waals surface area contributed by atoms with Crippen LogP contribution in [0.25, 0.3) is 0 Å².